The lowest BCUT2D eigenvalue weighted by Gasteiger charge is -2.35. The lowest BCUT2D eigenvalue weighted by molar-refractivity contribution is -0.120. The first-order valence-corrected chi connectivity index (χ1v) is 16.3. The quantitative estimate of drug-likeness (QED) is 0.405. The highest BCUT2D eigenvalue weighted by molar-refractivity contribution is 8.00. The number of aliphatic hydroxyl groups excluding tert-OH is 1. The molecule has 40 heavy (non-hydrogen) atoms. The Morgan fingerprint density at radius 2 is 2.02 bits per heavy atom. The van der Waals surface area contributed by atoms with E-state index in [1.54, 1.807) is 23.1 Å². The Bertz CT molecular complexity index is 1390. The van der Waals surface area contributed by atoms with Gasteiger partial charge >= 0.3 is 0 Å². The van der Waals surface area contributed by atoms with Crippen LogP contribution in [0.4, 0.5) is 5.13 Å². The lowest BCUT2D eigenvalue weighted by Crippen LogP contribution is -2.44. The van der Waals surface area contributed by atoms with Gasteiger partial charge in [-0.1, -0.05) is 12.1 Å². The highest BCUT2D eigenvalue weighted by atomic mass is 32.2. The van der Waals surface area contributed by atoms with Gasteiger partial charge in [0.2, 0.25) is 0 Å². The molecule has 1 aromatic carbocycles. The number of rotatable bonds is 9. The highest BCUT2D eigenvalue weighted by Crippen LogP contribution is 2.37. The Hall–Kier alpha value is -2.59. The molecule has 0 radical (unpaired) electrons. The van der Waals surface area contributed by atoms with Crippen LogP contribution in [-0.2, 0) is 17.8 Å². The van der Waals surface area contributed by atoms with E-state index in [1.807, 2.05) is 30.8 Å². The number of likely N-dealkylation sites (tertiary alicyclic amines) is 1. The first-order valence-electron chi connectivity index (χ1n) is 14.2. The van der Waals surface area contributed by atoms with Crippen molar-refractivity contribution in [1.82, 2.24) is 14.9 Å². The zero-order valence-electron chi connectivity index (χ0n) is 23.3. The Kier molecular flexibility index (Phi) is 8.08. The molecule has 1 N–H and O–H groups in total. The number of aliphatic hydroxyl groups is 1. The number of nitrogens with zero attached hydrogens (tertiary/aromatic N) is 5. The van der Waals surface area contributed by atoms with E-state index in [4.69, 9.17) is 4.99 Å². The number of β-amino-alcohol motifs (C(OH)–C–C–N with tert-alkyl or cyclic N) is 1. The van der Waals surface area contributed by atoms with Gasteiger partial charge in [0.1, 0.15) is 0 Å². The molecule has 3 aromatic rings. The van der Waals surface area contributed by atoms with Crippen LogP contribution in [0.5, 0.6) is 0 Å². The second-order valence-corrected chi connectivity index (χ2v) is 13.4. The van der Waals surface area contributed by atoms with Gasteiger partial charge in [-0.3, -0.25) is 19.7 Å². The summed E-state index contributed by atoms with van der Waals surface area (Å²) in [6.45, 7) is 6.75. The molecule has 3 aliphatic rings. The van der Waals surface area contributed by atoms with E-state index in [-0.39, 0.29) is 11.9 Å². The van der Waals surface area contributed by atoms with E-state index in [2.05, 4.69) is 50.3 Å². The average Bonchev–Trinajstić information content (AvgIpc) is 3.73. The number of Topliss-reactive ketones (excluding diaryl/α,β-unsaturated/α-hetero) is 1. The van der Waals surface area contributed by atoms with Gasteiger partial charge in [-0.25, -0.2) is 4.98 Å². The van der Waals surface area contributed by atoms with Crippen LogP contribution in [0.25, 0.3) is 0 Å². The van der Waals surface area contributed by atoms with Crippen LogP contribution in [0.15, 0.2) is 53.1 Å². The van der Waals surface area contributed by atoms with Crippen molar-refractivity contribution in [3.8, 4) is 0 Å². The summed E-state index contributed by atoms with van der Waals surface area (Å²) in [6, 6.07) is 10.5. The monoisotopic (exact) mass is 575 g/mol. The fourth-order valence-corrected chi connectivity index (χ4v) is 8.01. The van der Waals surface area contributed by atoms with E-state index >= 15 is 0 Å². The molecular weight excluding hydrogens is 539 g/mol. The molecule has 6 rings (SSSR count). The zero-order chi connectivity index (χ0) is 27.7. The number of aryl methyl sites for hydroxylation is 1. The third-order valence-corrected chi connectivity index (χ3v) is 11.0. The number of aliphatic imine (C=N–C) groups is 1. The predicted molar refractivity (Wildman–Crippen MR) is 164 cm³/mol. The summed E-state index contributed by atoms with van der Waals surface area (Å²) in [7, 11) is 0. The number of pyridine rings is 1. The van der Waals surface area contributed by atoms with Crippen molar-refractivity contribution in [3.05, 3.63) is 76.1 Å². The van der Waals surface area contributed by atoms with Crippen molar-refractivity contribution in [1.29, 1.82) is 0 Å². The minimum atomic E-state index is -0.425. The third-order valence-electron chi connectivity index (χ3n) is 8.80. The molecule has 0 spiro atoms. The van der Waals surface area contributed by atoms with Gasteiger partial charge in [-0.05, 0) is 67.7 Å². The number of carbonyl (C=O) groups excluding carboxylic acids is 1. The van der Waals surface area contributed by atoms with E-state index in [1.165, 1.54) is 5.56 Å². The average molecular weight is 576 g/mol. The van der Waals surface area contributed by atoms with E-state index in [0.29, 0.717) is 32.0 Å². The fraction of sp³-hybridized carbons (Fsp3) is 0.484. The van der Waals surface area contributed by atoms with Gasteiger partial charge in [-0.2, -0.15) is 0 Å². The lowest BCUT2D eigenvalue weighted by atomic mass is 9.91. The molecular formula is C31H37N5O2S2. The number of piperidine rings is 1. The summed E-state index contributed by atoms with van der Waals surface area (Å²) in [5, 5.41) is 14.2. The zero-order valence-corrected chi connectivity index (χ0v) is 24.9. The van der Waals surface area contributed by atoms with E-state index in [9.17, 15) is 9.90 Å². The first-order chi connectivity index (χ1) is 19.4. The molecule has 7 nitrogen and oxygen atoms in total. The van der Waals surface area contributed by atoms with E-state index < -0.39 is 4.75 Å². The number of aromatic nitrogens is 2. The van der Waals surface area contributed by atoms with Crippen molar-refractivity contribution in [2.24, 2.45) is 10.9 Å². The molecule has 0 bridgehead atoms. The van der Waals surface area contributed by atoms with Crippen LogP contribution in [-0.4, -0.2) is 81.3 Å². The summed E-state index contributed by atoms with van der Waals surface area (Å²) in [5.41, 5.74) is 6.42. The van der Waals surface area contributed by atoms with Crippen molar-refractivity contribution in [3.63, 3.8) is 0 Å². The largest absolute Gasteiger partial charge is 0.392 e. The highest BCUT2D eigenvalue weighted by Gasteiger charge is 2.44. The molecule has 9 heteroatoms. The molecule has 0 aliphatic carbocycles. The number of thioether (sulfide) groups is 1. The smallest absolute Gasteiger partial charge is 0.185 e. The van der Waals surface area contributed by atoms with Crippen LogP contribution >= 0.6 is 23.1 Å². The fourth-order valence-electron chi connectivity index (χ4n) is 6.41. The minimum Gasteiger partial charge on any atom is -0.392 e. The molecule has 0 saturated carbocycles. The van der Waals surface area contributed by atoms with Gasteiger partial charge in [0, 0.05) is 73.7 Å². The maximum Gasteiger partial charge on any atom is 0.185 e. The Balaban J connectivity index is 1.07. The van der Waals surface area contributed by atoms with Crippen molar-refractivity contribution in [2.45, 2.75) is 50.0 Å². The van der Waals surface area contributed by atoms with Gasteiger partial charge in [0.15, 0.2) is 10.9 Å². The molecule has 0 amide bonds. The predicted octanol–water partition coefficient (Wildman–Crippen LogP) is 4.39. The van der Waals surface area contributed by atoms with Gasteiger partial charge in [-0.15, -0.1) is 23.1 Å². The van der Waals surface area contributed by atoms with Gasteiger partial charge in [0.05, 0.1) is 23.1 Å². The summed E-state index contributed by atoms with van der Waals surface area (Å²) >= 11 is 3.36. The molecule has 2 aromatic heterocycles. The minimum absolute atomic E-state index is 0.282. The standard InChI is InChI=1S/C31H37N5O2S2/c1-21-15-24(5-9-32-21)29-26-16-22(3-4-25(26)18-34-29)17-28(38)31(39-2)8-13-35(20-31)19-27(37)23-6-11-36(12-7-23)30-33-10-14-40-30/h3-5,9-10,14-16,23,27,37H,6-8,11-13,17-20H2,1-2H3/t27?,31-/m0/s1. The number of anilines is 1. The number of fused-ring (bicyclic) bond motifs is 1. The molecule has 2 saturated heterocycles. The molecule has 1 unspecified atom stereocenters. The Labute approximate surface area is 244 Å². The SMILES string of the molecule is CS[C@@]1(C(=O)Cc2ccc3c(c2)C(c2ccnc(C)c2)=NC3)CCN(CC(O)C2CCN(c3nccs3)CC2)C1. The summed E-state index contributed by atoms with van der Waals surface area (Å²) < 4.78 is -0.425. The third kappa shape index (κ3) is 5.62. The summed E-state index contributed by atoms with van der Waals surface area (Å²) in [6.07, 6.45) is 8.58. The van der Waals surface area contributed by atoms with Crippen LogP contribution in [0, 0.1) is 12.8 Å². The second kappa shape index (κ2) is 11.7. The first kappa shape index (κ1) is 27.6. The molecule has 3 aliphatic heterocycles. The Morgan fingerprint density at radius 1 is 1.18 bits per heavy atom. The number of ketones is 1. The van der Waals surface area contributed by atoms with Crippen LogP contribution in [0.3, 0.4) is 0 Å². The maximum absolute atomic E-state index is 13.8. The van der Waals surface area contributed by atoms with Crippen LogP contribution < -0.4 is 4.90 Å². The van der Waals surface area contributed by atoms with Crippen molar-refractivity contribution < 1.29 is 9.90 Å². The van der Waals surface area contributed by atoms with Crippen LogP contribution in [0.2, 0.25) is 0 Å². The number of thiazole rings is 1. The second-order valence-electron chi connectivity index (χ2n) is 11.3. The Morgan fingerprint density at radius 3 is 2.77 bits per heavy atom. The molecule has 2 fully saturated rings. The number of benzene rings is 1. The molecule has 210 valence electrons. The number of hydrogen-bond acceptors (Lipinski definition) is 9. The number of hydrogen-bond donors (Lipinski definition) is 1. The van der Waals surface area contributed by atoms with Crippen LogP contribution in [0.1, 0.15) is 47.2 Å². The van der Waals surface area contributed by atoms with Crippen molar-refractivity contribution in [2.75, 3.05) is 43.9 Å². The molecule has 2 atom stereocenters. The van der Waals surface area contributed by atoms with E-state index in [0.717, 1.165) is 72.1 Å². The van der Waals surface area contributed by atoms with Crippen molar-refractivity contribution >= 4 is 39.7 Å². The summed E-state index contributed by atoms with van der Waals surface area (Å²) in [5.74, 6) is 0.576. The van der Waals surface area contributed by atoms with Gasteiger partial charge < -0.3 is 10.0 Å². The van der Waals surface area contributed by atoms with Gasteiger partial charge in [0.25, 0.3) is 0 Å². The maximum atomic E-state index is 13.8. The normalized spacial score (nSPS) is 22.4. The number of carbonyl (C=O) groups is 1. The molecule has 5 heterocycles. The topological polar surface area (TPSA) is 81.9 Å². The summed E-state index contributed by atoms with van der Waals surface area (Å²) in [4.78, 5) is 32.0.